The lowest BCUT2D eigenvalue weighted by atomic mass is 10.0. The number of benzene rings is 2. The van der Waals surface area contributed by atoms with E-state index in [0.29, 0.717) is 29.2 Å². The molecule has 0 bridgehead atoms. The van der Waals surface area contributed by atoms with Gasteiger partial charge in [-0.25, -0.2) is 0 Å². The molecule has 0 saturated carbocycles. The second-order valence-corrected chi connectivity index (χ2v) is 8.36. The maximum Gasteiger partial charge on any atom is 0.252 e. The highest BCUT2D eigenvalue weighted by Crippen LogP contribution is 2.32. The number of nitrogens with one attached hydrogen (secondary N) is 2. The Hall–Kier alpha value is -3.26. The summed E-state index contributed by atoms with van der Waals surface area (Å²) in [5.41, 5.74) is 2.21. The standard InChI is InChI=1S/C24H29N3O5/c1-16(2)13-20(26-23(28)17-3-8-21-22(14-17)32-15-31-21)24(29)25-18-4-6-19(7-5-18)27-9-11-30-12-10-27/h3-8,14,16,20H,9-13,15H2,1-2H3,(H,25,29)(H,26,28). The van der Waals surface area contributed by atoms with Gasteiger partial charge in [0.15, 0.2) is 11.5 Å². The molecule has 1 atom stereocenters. The van der Waals surface area contributed by atoms with Gasteiger partial charge in [-0.1, -0.05) is 13.8 Å². The molecular weight excluding hydrogens is 410 g/mol. The van der Waals surface area contributed by atoms with Crippen molar-refractivity contribution in [2.24, 2.45) is 5.92 Å². The lowest BCUT2D eigenvalue weighted by Crippen LogP contribution is -2.44. The zero-order valence-corrected chi connectivity index (χ0v) is 18.4. The van der Waals surface area contributed by atoms with Crippen molar-refractivity contribution in [1.82, 2.24) is 5.32 Å². The summed E-state index contributed by atoms with van der Waals surface area (Å²) in [6.07, 6.45) is 0.522. The molecule has 0 aromatic heterocycles. The maximum atomic E-state index is 13.0. The molecule has 2 amide bonds. The summed E-state index contributed by atoms with van der Waals surface area (Å²) in [5.74, 6) is 0.798. The molecule has 2 N–H and O–H groups in total. The van der Waals surface area contributed by atoms with Crippen LogP contribution in [0.25, 0.3) is 0 Å². The first-order valence-electron chi connectivity index (χ1n) is 10.9. The molecule has 2 heterocycles. The van der Waals surface area contributed by atoms with Gasteiger partial charge in [0.2, 0.25) is 12.7 Å². The van der Waals surface area contributed by atoms with Gasteiger partial charge in [-0.15, -0.1) is 0 Å². The second-order valence-electron chi connectivity index (χ2n) is 8.36. The van der Waals surface area contributed by atoms with Crippen LogP contribution in [0.3, 0.4) is 0 Å². The van der Waals surface area contributed by atoms with Crippen LogP contribution in [-0.4, -0.2) is 51.0 Å². The van der Waals surface area contributed by atoms with Gasteiger partial charge in [0.1, 0.15) is 6.04 Å². The van der Waals surface area contributed by atoms with Crippen molar-refractivity contribution in [2.75, 3.05) is 43.3 Å². The highest BCUT2D eigenvalue weighted by atomic mass is 16.7. The summed E-state index contributed by atoms with van der Waals surface area (Å²) in [4.78, 5) is 28.1. The summed E-state index contributed by atoms with van der Waals surface area (Å²) in [6.45, 7) is 7.33. The Kier molecular flexibility index (Phi) is 6.80. The third-order valence-electron chi connectivity index (χ3n) is 5.47. The smallest absolute Gasteiger partial charge is 0.252 e. The van der Waals surface area contributed by atoms with Crippen LogP contribution in [0.2, 0.25) is 0 Å². The summed E-state index contributed by atoms with van der Waals surface area (Å²) >= 11 is 0. The molecule has 2 aliphatic heterocycles. The molecular formula is C24H29N3O5. The first-order valence-corrected chi connectivity index (χ1v) is 10.9. The van der Waals surface area contributed by atoms with Crippen molar-refractivity contribution in [2.45, 2.75) is 26.3 Å². The Morgan fingerprint density at radius 3 is 2.44 bits per heavy atom. The molecule has 8 heteroatoms. The third-order valence-corrected chi connectivity index (χ3v) is 5.47. The Morgan fingerprint density at radius 1 is 1.00 bits per heavy atom. The average Bonchev–Trinajstić information content (AvgIpc) is 3.27. The molecule has 1 unspecified atom stereocenters. The molecule has 4 rings (SSSR count). The Labute approximate surface area is 187 Å². The number of morpholine rings is 1. The van der Waals surface area contributed by atoms with Crippen molar-refractivity contribution < 1.29 is 23.8 Å². The molecule has 0 spiro atoms. The summed E-state index contributed by atoms with van der Waals surface area (Å²) in [6, 6.07) is 12.1. The van der Waals surface area contributed by atoms with Gasteiger partial charge in [-0.05, 0) is 54.8 Å². The summed E-state index contributed by atoms with van der Waals surface area (Å²) in [5, 5.41) is 5.80. The molecule has 0 aliphatic carbocycles. The van der Waals surface area contributed by atoms with E-state index in [2.05, 4.69) is 15.5 Å². The number of rotatable bonds is 7. The second kappa shape index (κ2) is 9.91. The predicted molar refractivity (Wildman–Crippen MR) is 121 cm³/mol. The van der Waals surface area contributed by atoms with E-state index in [1.54, 1.807) is 18.2 Å². The highest BCUT2D eigenvalue weighted by Gasteiger charge is 2.24. The predicted octanol–water partition coefficient (Wildman–Crippen LogP) is 3.04. The molecule has 1 saturated heterocycles. The van der Waals surface area contributed by atoms with Gasteiger partial charge >= 0.3 is 0 Å². The number of nitrogens with zero attached hydrogens (tertiary/aromatic N) is 1. The minimum Gasteiger partial charge on any atom is -0.454 e. The largest absolute Gasteiger partial charge is 0.454 e. The molecule has 8 nitrogen and oxygen atoms in total. The molecule has 32 heavy (non-hydrogen) atoms. The van der Waals surface area contributed by atoms with Crippen molar-refractivity contribution in [3.8, 4) is 11.5 Å². The number of fused-ring (bicyclic) bond motifs is 1. The molecule has 2 aromatic carbocycles. The van der Waals surface area contributed by atoms with E-state index in [1.165, 1.54) is 0 Å². The van der Waals surface area contributed by atoms with Crippen LogP contribution in [0.15, 0.2) is 42.5 Å². The van der Waals surface area contributed by atoms with Crippen LogP contribution >= 0.6 is 0 Å². The molecule has 0 radical (unpaired) electrons. The fourth-order valence-corrected chi connectivity index (χ4v) is 3.79. The SMILES string of the molecule is CC(C)CC(NC(=O)c1ccc2c(c1)OCO2)C(=O)Nc1ccc(N2CCOCC2)cc1. The number of hydrogen-bond donors (Lipinski definition) is 2. The number of amides is 2. The monoisotopic (exact) mass is 439 g/mol. The van der Waals surface area contributed by atoms with Crippen molar-refractivity contribution in [3.63, 3.8) is 0 Å². The quantitative estimate of drug-likeness (QED) is 0.689. The fraction of sp³-hybridized carbons (Fsp3) is 0.417. The summed E-state index contributed by atoms with van der Waals surface area (Å²) in [7, 11) is 0. The molecule has 170 valence electrons. The first-order chi connectivity index (χ1) is 15.5. The van der Waals surface area contributed by atoms with Crippen molar-refractivity contribution >= 4 is 23.2 Å². The van der Waals surface area contributed by atoms with Gasteiger partial charge in [0, 0.05) is 30.0 Å². The van der Waals surface area contributed by atoms with E-state index in [1.807, 2.05) is 38.1 Å². The maximum absolute atomic E-state index is 13.0. The van der Waals surface area contributed by atoms with E-state index in [0.717, 1.165) is 32.0 Å². The Bertz CT molecular complexity index is 955. The Balaban J connectivity index is 1.40. The van der Waals surface area contributed by atoms with E-state index in [4.69, 9.17) is 14.2 Å². The topological polar surface area (TPSA) is 89.1 Å². The van der Waals surface area contributed by atoms with Crippen molar-refractivity contribution in [3.05, 3.63) is 48.0 Å². The zero-order valence-electron chi connectivity index (χ0n) is 18.4. The van der Waals surface area contributed by atoms with Crippen LogP contribution in [0.4, 0.5) is 11.4 Å². The normalized spacial score (nSPS) is 16.0. The van der Waals surface area contributed by atoms with Crippen LogP contribution in [0.5, 0.6) is 11.5 Å². The van der Waals surface area contributed by atoms with E-state index >= 15 is 0 Å². The highest BCUT2D eigenvalue weighted by molar-refractivity contribution is 6.01. The van der Waals surface area contributed by atoms with Gasteiger partial charge in [0.25, 0.3) is 5.91 Å². The van der Waals surface area contributed by atoms with Gasteiger partial charge in [-0.2, -0.15) is 0 Å². The number of anilines is 2. The van der Waals surface area contributed by atoms with Crippen LogP contribution in [-0.2, 0) is 9.53 Å². The Morgan fingerprint density at radius 2 is 1.72 bits per heavy atom. The molecule has 2 aromatic rings. The van der Waals surface area contributed by atoms with E-state index < -0.39 is 6.04 Å². The number of hydrogen-bond acceptors (Lipinski definition) is 6. The number of carbonyl (C=O) groups is 2. The van der Waals surface area contributed by atoms with Crippen molar-refractivity contribution in [1.29, 1.82) is 0 Å². The number of carbonyl (C=O) groups excluding carboxylic acids is 2. The molecule has 2 aliphatic rings. The van der Waals surface area contributed by atoms with E-state index in [-0.39, 0.29) is 24.5 Å². The van der Waals surface area contributed by atoms with Crippen LogP contribution in [0.1, 0.15) is 30.6 Å². The molecule has 1 fully saturated rings. The number of ether oxygens (including phenoxy) is 3. The zero-order chi connectivity index (χ0) is 22.5. The van der Waals surface area contributed by atoms with Gasteiger partial charge in [-0.3, -0.25) is 9.59 Å². The van der Waals surface area contributed by atoms with Crippen LogP contribution < -0.4 is 25.0 Å². The minimum absolute atomic E-state index is 0.142. The lowest BCUT2D eigenvalue weighted by molar-refractivity contribution is -0.118. The van der Waals surface area contributed by atoms with Gasteiger partial charge < -0.3 is 29.7 Å². The lowest BCUT2D eigenvalue weighted by Gasteiger charge is -2.29. The van der Waals surface area contributed by atoms with E-state index in [9.17, 15) is 9.59 Å². The minimum atomic E-state index is -0.660. The van der Waals surface area contributed by atoms with Crippen LogP contribution in [0, 0.1) is 5.92 Å². The summed E-state index contributed by atoms with van der Waals surface area (Å²) < 4.78 is 16.0. The average molecular weight is 440 g/mol. The third kappa shape index (κ3) is 5.31. The first kappa shape index (κ1) is 22.0. The fourth-order valence-electron chi connectivity index (χ4n) is 3.79. The van der Waals surface area contributed by atoms with Gasteiger partial charge in [0.05, 0.1) is 13.2 Å².